The molecular formula is C12H20ClNOS. The van der Waals surface area contributed by atoms with Gasteiger partial charge < -0.3 is 5.11 Å². The molecule has 4 heteroatoms. The minimum atomic E-state index is -0.643. The molecule has 0 bridgehead atoms. The van der Waals surface area contributed by atoms with Gasteiger partial charge in [0.15, 0.2) is 0 Å². The van der Waals surface area contributed by atoms with Crippen LogP contribution in [0, 0.1) is 5.92 Å². The number of hydrogen-bond donors (Lipinski definition) is 1. The van der Waals surface area contributed by atoms with E-state index in [0.717, 1.165) is 10.9 Å². The lowest BCUT2D eigenvalue weighted by Crippen LogP contribution is -2.42. The van der Waals surface area contributed by atoms with Crippen molar-refractivity contribution >= 4 is 22.9 Å². The molecule has 0 aliphatic heterocycles. The molecule has 0 aromatic carbocycles. The molecule has 1 aromatic heterocycles. The second-order valence-corrected chi connectivity index (χ2v) is 6.69. The third-order valence-corrected chi connectivity index (χ3v) is 4.10. The Bertz CT molecular complexity index is 336. The molecule has 1 aromatic rings. The Balaban J connectivity index is 2.50. The minimum Gasteiger partial charge on any atom is -0.389 e. The Labute approximate surface area is 107 Å². The fourth-order valence-corrected chi connectivity index (χ4v) is 2.66. The van der Waals surface area contributed by atoms with Gasteiger partial charge in [-0.2, -0.15) is 0 Å². The van der Waals surface area contributed by atoms with Gasteiger partial charge in [-0.3, -0.25) is 4.90 Å². The van der Waals surface area contributed by atoms with Gasteiger partial charge in [0.2, 0.25) is 0 Å². The maximum absolute atomic E-state index is 10.2. The minimum absolute atomic E-state index is 0.252. The molecule has 0 fully saturated rings. The van der Waals surface area contributed by atoms with Crippen LogP contribution in [0.1, 0.15) is 25.6 Å². The van der Waals surface area contributed by atoms with Crippen LogP contribution in [0.25, 0.3) is 0 Å². The Morgan fingerprint density at radius 3 is 2.56 bits per heavy atom. The molecule has 2 nitrogen and oxygen atoms in total. The van der Waals surface area contributed by atoms with Crippen LogP contribution in [0.4, 0.5) is 0 Å². The van der Waals surface area contributed by atoms with E-state index in [9.17, 15) is 5.11 Å². The topological polar surface area (TPSA) is 23.5 Å². The summed E-state index contributed by atoms with van der Waals surface area (Å²) >= 11 is 7.47. The van der Waals surface area contributed by atoms with Crippen LogP contribution in [0.3, 0.4) is 0 Å². The fraction of sp³-hybridized carbons (Fsp3) is 0.667. The van der Waals surface area contributed by atoms with Gasteiger partial charge in [-0.1, -0.05) is 25.4 Å². The molecule has 92 valence electrons. The zero-order valence-electron chi connectivity index (χ0n) is 10.3. The first-order chi connectivity index (χ1) is 7.31. The van der Waals surface area contributed by atoms with Crippen LogP contribution in [0.2, 0.25) is 4.34 Å². The van der Waals surface area contributed by atoms with E-state index in [1.54, 1.807) is 11.3 Å². The van der Waals surface area contributed by atoms with Gasteiger partial charge >= 0.3 is 0 Å². The fourth-order valence-electron chi connectivity index (χ4n) is 1.49. The Morgan fingerprint density at radius 2 is 2.12 bits per heavy atom. The van der Waals surface area contributed by atoms with Crippen molar-refractivity contribution < 1.29 is 5.11 Å². The van der Waals surface area contributed by atoms with Crippen molar-refractivity contribution in [3.63, 3.8) is 0 Å². The highest BCUT2D eigenvalue weighted by Gasteiger charge is 2.26. The summed E-state index contributed by atoms with van der Waals surface area (Å²) in [4.78, 5) is 3.36. The van der Waals surface area contributed by atoms with E-state index in [4.69, 9.17) is 11.6 Å². The lowest BCUT2D eigenvalue weighted by Gasteiger charge is -2.32. The van der Waals surface area contributed by atoms with Crippen molar-refractivity contribution in [1.29, 1.82) is 0 Å². The number of rotatable bonds is 5. The van der Waals surface area contributed by atoms with Gasteiger partial charge in [-0.15, -0.1) is 11.3 Å². The average Bonchev–Trinajstić information content (AvgIpc) is 2.49. The highest BCUT2D eigenvalue weighted by molar-refractivity contribution is 7.16. The molecule has 1 heterocycles. The Morgan fingerprint density at radius 1 is 1.50 bits per heavy atom. The lowest BCUT2D eigenvalue weighted by atomic mass is 9.92. The predicted octanol–water partition coefficient (Wildman–Crippen LogP) is 3.24. The molecule has 0 aliphatic rings. The van der Waals surface area contributed by atoms with Crippen LogP contribution < -0.4 is 0 Å². The lowest BCUT2D eigenvalue weighted by molar-refractivity contribution is -0.0144. The van der Waals surface area contributed by atoms with E-state index in [1.165, 1.54) is 4.88 Å². The molecule has 0 radical (unpaired) electrons. The first-order valence-corrected chi connectivity index (χ1v) is 6.66. The quantitative estimate of drug-likeness (QED) is 0.880. The molecule has 0 aliphatic carbocycles. The van der Waals surface area contributed by atoms with Crippen LogP contribution in [0.15, 0.2) is 12.1 Å². The van der Waals surface area contributed by atoms with Crippen LogP contribution in [0.5, 0.6) is 0 Å². The number of halogens is 1. The highest BCUT2D eigenvalue weighted by Crippen LogP contribution is 2.23. The van der Waals surface area contributed by atoms with Crippen molar-refractivity contribution in [1.82, 2.24) is 4.90 Å². The summed E-state index contributed by atoms with van der Waals surface area (Å²) in [7, 11) is 2.02. The van der Waals surface area contributed by atoms with Crippen molar-refractivity contribution in [3.05, 3.63) is 21.3 Å². The molecule has 0 spiro atoms. The van der Waals surface area contributed by atoms with E-state index in [-0.39, 0.29) is 5.92 Å². The highest BCUT2D eigenvalue weighted by atomic mass is 35.5. The molecule has 1 atom stereocenters. The van der Waals surface area contributed by atoms with Gasteiger partial charge in [0.1, 0.15) is 0 Å². The summed E-state index contributed by atoms with van der Waals surface area (Å²) in [6, 6.07) is 3.95. The summed E-state index contributed by atoms with van der Waals surface area (Å²) in [6.07, 6.45) is 0. The van der Waals surface area contributed by atoms with Crippen LogP contribution >= 0.6 is 22.9 Å². The molecule has 1 N–H and O–H groups in total. The van der Waals surface area contributed by atoms with E-state index >= 15 is 0 Å². The van der Waals surface area contributed by atoms with Crippen molar-refractivity contribution in [2.24, 2.45) is 5.92 Å². The van der Waals surface area contributed by atoms with Crippen molar-refractivity contribution in [2.75, 3.05) is 13.6 Å². The zero-order valence-corrected chi connectivity index (χ0v) is 11.9. The first kappa shape index (κ1) is 14.0. The van der Waals surface area contributed by atoms with Gasteiger partial charge in [0.05, 0.1) is 9.94 Å². The Kier molecular flexibility index (Phi) is 4.80. The van der Waals surface area contributed by atoms with Crippen molar-refractivity contribution in [3.8, 4) is 0 Å². The van der Waals surface area contributed by atoms with Gasteiger partial charge in [0.25, 0.3) is 0 Å². The zero-order chi connectivity index (χ0) is 12.3. The van der Waals surface area contributed by atoms with Gasteiger partial charge in [-0.25, -0.2) is 0 Å². The third kappa shape index (κ3) is 4.06. The molecule has 16 heavy (non-hydrogen) atoms. The SMILES string of the molecule is CC(C)C(C)(O)CN(C)Cc1ccc(Cl)s1. The third-order valence-electron chi connectivity index (χ3n) is 2.89. The monoisotopic (exact) mass is 261 g/mol. The second-order valence-electron chi connectivity index (χ2n) is 4.89. The van der Waals surface area contributed by atoms with Crippen LogP contribution in [-0.2, 0) is 6.54 Å². The van der Waals surface area contributed by atoms with Gasteiger partial charge in [0, 0.05) is 18.0 Å². The smallest absolute Gasteiger partial charge is 0.0931 e. The largest absolute Gasteiger partial charge is 0.389 e. The maximum Gasteiger partial charge on any atom is 0.0931 e. The summed E-state index contributed by atoms with van der Waals surface area (Å²) in [5, 5.41) is 10.2. The average molecular weight is 262 g/mol. The van der Waals surface area contributed by atoms with E-state index in [0.29, 0.717) is 6.54 Å². The standard InChI is InChI=1S/C12H20ClNOS/c1-9(2)12(3,15)8-14(4)7-10-5-6-11(13)16-10/h5-6,9,15H,7-8H2,1-4H3. The molecule has 1 unspecified atom stereocenters. The van der Waals surface area contributed by atoms with Crippen molar-refractivity contribution in [2.45, 2.75) is 32.9 Å². The second kappa shape index (κ2) is 5.50. The normalized spacial score (nSPS) is 15.8. The summed E-state index contributed by atoms with van der Waals surface area (Å²) in [6.45, 7) is 7.46. The summed E-state index contributed by atoms with van der Waals surface area (Å²) in [5.41, 5.74) is -0.643. The van der Waals surface area contributed by atoms with E-state index in [1.807, 2.05) is 40.0 Å². The number of nitrogens with zero attached hydrogens (tertiary/aromatic N) is 1. The van der Waals surface area contributed by atoms with E-state index in [2.05, 4.69) is 4.90 Å². The van der Waals surface area contributed by atoms with E-state index < -0.39 is 5.60 Å². The molecule has 0 saturated carbocycles. The summed E-state index contributed by atoms with van der Waals surface area (Å²) < 4.78 is 0.819. The van der Waals surface area contributed by atoms with Gasteiger partial charge in [-0.05, 0) is 32.0 Å². The van der Waals surface area contributed by atoms with Crippen LogP contribution in [-0.4, -0.2) is 29.2 Å². The first-order valence-electron chi connectivity index (χ1n) is 5.46. The summed E-state index contributed by atoms with van der Waals surface area (Å²) in [5.74, 6) is 0.252. The number of aliphatic hydroxyl groups is 1. The Hall–Kier alpha value is -0.0900. The number of thiophene rings is 1. The number of hydrogen-bond acceptors (Lipinski definition) is 3. The predicted molar refractivity (Wildman–Crippen MR) is 71.1 cm³/mol. The maximum atomic E-state index is 10.2. The molecule has 0 saturated heterocycles. The molecule has 1 rings (SSSR count). The molecular weight excluding hydrogens is 242 g/mol. The molecule has 0 amide bonds. The number of likely N-dealkylation sites (N-methyl/N-ethyl adjacent to an activating group) is 1.